The fraction of sp³-hybridized carbons (Fsp3) is 0.455. The molecule has 0 radical (unpaired) electrons. The molecule has 1 amide bonds. The maximum Gasteiger partial charge on any atom is 0.416 e. The third-order valence-electron chi connectivity index (χ3n) is 5.52. The maximum atomic E-state index is 12.8. The third kappa shape index (κ3) is 4.45. The molecule has 2 aromatic rings. The van der Waals surface area contributed by atoms with Crippen molar-refractivity contribution in [3.8, 4) is 11.1 Å². The maximum absolute atomic E-state index is 12.8. The van der Waals surface area contributed by atoms with Crippen molar-refractivity contribution in [3.63, 3.8) is 0 Å². The predicted molar refractivity (Wildman–Crippen MR) is 106 cm³/mol. The summed E-state index contributed by atoms with van der Waals surface area (Å²) in [5.41, 5.74) is 1.84. The lowest BCUT2D eigenvalue weighted by molar-refractivity contribution is -0.137. The summed E-state index contributed by atoms with van der Waals surface area (Å²) in [7, 11) is 1.64. The quantitative estimate of drug-likeness (QED) is 0.752. The number of carbonyl (C=O) groups excluding carboxylic acids is 1. The monoisotopic (exact) mass is 405 g/mol. The van der Waals surface area contributed by atoms with Crippen molar-refractivity contribution in [1.82, 2.24) is 15.6 Å². The largest absolute Gasteiger partial charge is 0.416 e. The minimum atomic E-state index is -4.35. The molecule has 0 spiro atoms. The highest BCUT2D eigenvalue weighted by molar-refractivity contribution is 5.86. The van der Waals surface area contributed by atoms with Crippen molar-refractivity contribution in [1.29, 1.82) is 0 Å². The Morgan fingerprint density at radius 3 is 2.52 bits per heavy atom. The van der Waals surface area contributed by atoms with Crippen molar-refractivity contribution >= 4 is 5.91 Å². The number of aryl methyl sites for hydroxylation is 1. The highest BCUT2D eigenvalue weighted by Crippen LogP contribution is 2.37. The van der Waals surface area contributed by atoms with Crippen LogP contribution < -0.4 is 10.6 Å². The second-order valence-corrected chi connectivity index (χ2v) is 7.64. The molecule has 2 atom stereocenters. The molecular weight excluding hydrogens is 379 g/mol. The minimum absolute atomic E-state index is 0.0162. The number of hydrogen-bond donors (Lipinski definition) is 2. The van der Waals surface area contributed by atoms with E-state index in [4.69, 9.17) is 0 Å². The van der Waals surface area contributed by atoms with Crippen molar-refractivity contribution < 1.29 is 18.0 Å². The van der Waals surface area contributed by atoms with E-state index < -0.39 is 17.3 Å². The Morgan fingerprint density at radius 2 is 1.93 bits per heavy atom. The number of alkyl halides is 3. The molecule has 1 fully saturated rings. The number of hydrogen-bond acceptors (Lipinski definition) is 3. The van der Waals surface area contributed by atoms with E-state index in [2.05, 4.69) is 15.6 Å². The molecule has 1 aromatic carbocycles. The van der Waals surface area contributed by atoms with Gasteiger partial charge in [0.15, 0.2) is 0 Å². The van der Waals surface area contributed by atoms with Crippen LogP contribution >= 0.6 is 0 Å². The van der Waals surface area contributed by atoms with Crippen molar-refractivity contribution in [2.45, 2.75) is 57.3 Å². The van der Waals surface area contributed by atoms with Gasteiger partial charge in [0.25, 0.3) is 0 Å². The van der Waals surface area contributed by atoms with Gasteiger partial charge in [-0.15, -0.1) is 0 Å². The first-order valence-corrected chi connectivity index (χ1v) is 9.84. The molecule has 29 heavy (non-hydrogen) atoms. The molecule has 3 rings (SSSR count). The van der Waals surface area contributed by atoms with E-state index >= 15 is 0 Å². The summed E-state index contributed by atoms with van der Waals surface area (Å²) < 4.78 is 38.5. The first kappa shape index (κ1) is 21.3. The Kier molecular flexibility index (Phi) is 5.98. The second kappa shape index (κ2) is 8.14. The van der Waals surface area contributed by atoms with Gasteiger partial charge in [-0.1, -0.05) is 25.5 Å². The zero-order chi connectivity index (χ0) is 21.2. The number of pyridine rings is 1. The van der Waals surface area contributed by atoms with Crippen LogP contribution in [-0.4, -0.2) is 23.5 Å². The third-order valence-corrected chi connectivity index (χ3v) is 5.52. The number of nitrogens with one attached hydrogen (secondary N) is 2. The molecule has 1 aliphatic heterocycles. The Bertz CT molecular complexity index is 880. The van der Waals surface area contributed by atoms with Crippen LogP contribution in [0.4, 0.5) is 13.2 Å². The molecule has 4 nitrogen and oxygen atoms in total. The highest BCUT2D eigenvalue weighted by Gasteiger charge is 2.44. The number of likely N-dealkylation sites (N-methyl/N-ethyl adjacent to an activating group) is 1. The molecule has 0 unspecified atom stereocenters. The van der Waals surface area contributed by atoms with E-state index in [-0.39, 0.29) is 11.9 Å². The van der Waals surface area contributed by atoms with Gasteiger partial charge in [-0.05, 0) is 61.6 Å². The fourth-order valence-electron chi connectivity index (χ4n) is 4.14. The summed E-state index contributed by atoms with van der Waals surface area (Å²) in [6, 6.07) is 8.84. The molecule has 0 saturated carbocycles. The van der Waals surface area contributed by atoms with Crippen LogP contribution in [0.3, 0.4) is 0 Å². The molecule has 1 saturated heterocycles. The van der Waals surface area contributed by atoms with E-state index in [1.165, 1.54) is 12.1 Å². The molecule has 2 heterocycles. The standard InChI is InChI=1S/C22H26F3N3O/c1-4-10-21(20(29)26-3)11-9-18(28-21)19-13-16(12-14(2)27-19)15-5-7-17(8-6-15)22(23,24)25/h5-8,12-13,18,28H,4,9-11H2,1-3H3,(H,26,29)/t18-,21-/m0/s1. The summed E-state index contributed by atoms with van der Waals surface area (Å²) in [4.78, 5) is 17.1. The van der Waals surface area contributed by atoms with Gasteiger partial charge in [0.2, 0.25) is 5.91 Å². The number of aromatic nitrogens is 1. The Morgan fingerprint density at radius 1 is 1.24 bits per heavy atom. The molecule has 0 aliphatic carbocycles. The van der Waals surface area contributed by atoms with Crippen LogP contribution in [0.2, 0.25) is 0 Å². The van der Waals surface area contributed by atoms with Gasteiger partial charge in [0.1, 0.15) is 0 Å². The van der Waals surface area contributed by atoms with Gasteiger partial charge in [-0.25, -0.2) is 0 Å². The summed E-state index contributed by atoms with van der Waals surface area (Å²) in [5.74, 6) is -0.0162. The SMILES string of the molecule is CCC[C@@]1(C(=O)NC)CC[C@@H](c2cc(-c3ccc(C(F)(F)F)cc3)cc(C)n2)N1. The first-order valence-electron chi connectivity index (χ1n) is 9.84. The van der Waals surface area contributed by atoms with E-state index in [0.29, 0.717) is 5.56 Å². The average Bonchev–Trinajstić information content (AvgIpc) is 3.12. The Labute approximate surface area is 168 Å². The summed E-state index contributed by atoms with van der Waals surface area (Å²) in [5, 5.41) is 6.24. The van der Waals surface area contributed by atoms with E-state index in [0.717, 1.165) is 54.8 Å². The summed E-state index contributed by atoms with van der Waals surface area (Å²) in [6.45, 7) is 3.91. The van der Waals surface area contributed by atoms with Gasteiger partial charge in [0, 0.05) is 12.7 Å². The van der Waals surface area contributed by atoms with Crippen molar-refractivity contribution in [3.05, 3.63) is 53.3 Å². The zero-order valence-corrected chi connectivity index (χ0v) is 16.9. The highest BCUT2D eigenvalue weighted by atomic mass is 19.4. The van der Waals surface area contributed by atoms with Gasteiger partial charge in [-0.2, -0.15) is 13.2 Å². The summed E-state index contributed by atoms with van der Waals surface area (Å²) in [6.07, 6.45) is -1.24. The predicted octanol–water partition coefficient (Wildman–Crippen LogP) is 4.79. The molecular formula is C22H26F3N3O. The van der Waals surface area contributed by atoms with E-state index in [1.807, 2.05) is 26.0 Å². The second-order valence-electron chi connectivity index (χ2n) is 7.64. The van der Waals surface area contributed by atoms with E-state index in [9.17, 15) is 18.0 Å². The summed E-state index contributed by atoms with van der Waals surface area (Å²) >= 11 is 0. The molecule has 1 aliphatic rings. The Hall–Kier alpha value is -2.41. The van der Waals surface area contributed by atoms with Gasteiger partial charge in [-0.3, -0.25) is 15.1 Å². The lowest BCUT2D eigenvalue weighted by Crippen LogP contribution is -2.53. The van der Waals surface area contributed by atoms with Crippen molar-refractivity contribution in [2.24, 2.45) is 0 Å². The van der Waals surface area contributed by atoms with Crippen LogP contribution in [0.1, 0.15) is 55.6 Å². The number of nitrogens with zero attached hydrogens (tertiary/aromatic N) is 1. The van der Waals surface area contributed by atoms with Gasteiger partial charge >= 0.3 is 6.18 Å². The van der Waals surface area contributed by atoms with Crippen molar-refractivity contribution in [2.75, 3.05) is 7.05 Å². The van der Waals surface area contributed by atoms with E-state index in [1.54, 1.807) is 7.05 Å². The zero-order valence-electron chi connectivity index (χ0n) is 16.9. The molecule has 7 heteroatoms. The van der Waals surface area contributed by atoms with Crippen LogP contribution in [0, 0.1) is 6.92 Å². The molecule has 156 valence electrons. The number of amides is 1. The number of benzene rings is 1. The fourth-order valence-corrected chi connectivity index (χ4v) is 4.14. The van der Waals surface area contributed by atoms with Crippen LogP contribution in [0.25, 0.3) is 11.1 Å². The normalized spacial score (nSPS) is 21.9. The lowest BCUT2D eigenvalue weighted by atomic mass is 9.91. The van der Waals surface area contributed by atoms with Crippen LogP contribution in [0.15, 0.2) is 36.4 Å². The first-order chi connectivity index (χ1) is 13.7. The van der Waals surface area contributed by atoms with Gasteiger partial charge < -0.3 is 5.32 Å². The van der Waals surface area contributed by atoms with Gasteiger partial charge in [0.05, 0.1) is 22.8 Å². The van der Waals surface area contributed by atoms with Crippen LogP contribution in [-0.2, 0) is 11.0 Å². The molecule has 1 aromatic heterocycles. The number of halogens is 3. The Balaban J connectivity index is 1.89. The average molecular weight is 405 g/mol. The molecule has 2 N–H and O–H groups in total. The smallest absolute Gasteiger partial charge is 0.358 e. The minimum Gasteiger partial charge on any atom is -0.358 e. The topological polar surface area (TPSA) is 54.0 Å². The molecule has 0 bridgehead atoms. The lowest BCUT2D eigenvalue weighted by Gasteiger charge is -2.28. The van der Waals surface area contributed by atoms with Crippen LogP contribution in [0.5, 0.6) is 0 Å². The number of rotatable bonds is 5. The number of carbonyl (C=O) groups is 1.